The minimum absolute atomic E-state index is 0.274. The summed E-state index contributed by atoms with van der Waals surface area (Å²) in [5.74, 6) is 0.761. The molecule has 8 heteroatoms. The molecular weight excluding hydrogens is 457 g/mol. The van der Waals surface area contributed by atoms with Gasteiger partial charge in [0, 0.05) is 39.9 Å². The largest absolute Gasteiger partial charge is 0.493 e. The van der Waals surface area contributed by atoms with E-state index in [2.05, 4.69) is 10.3 Å². The maximum absolute atomic E-state index is 13.7. The first kappa shape index (κ1) is 22.1. The van der Waals surface area contributed by atoms with Crippen molar-refractivity contribution < 1.29 is 18.7 Å². The summed E-state index contributed by atoms with van der Waals surface area (Å²) in [5, 5.41) is 4.66. The fourth-order valence-electron chi connectivity index (χ4n) is 4.58. The zero-order valence-corrected chi connectivity index (χ0v) is 19.4. The van der Waals surface area contributed by atoms with E-state index in [0.717, 1.165) is 27.7 Å². The first-order valence-electron chi connectivity index (χ1n) is 10.8. The molecule has 2 heterocycles. The average molecular weight is 480 g/mol. The Bertz CT molecular complexity index is 1370. The molecule has 0 radical (unpaired) electrons. The van der Waals surface area contributed by atoms with Crippen LogP contribution < -0.4 is 14.8 Å². The van der Waals surface area contributed by atoms with Crippen LogP contribution in [0.25, 0.3) is 10.9 Å². The highest BCUT2D eigenvalue weighted by molar-refractivity contribution is 6.31. The number of benzene rings is 3. The van der Waals surface area contributed by atoms with E-state index in [-0.39, 0.29) is 11.8 Å². The molecule has 2 amide bonds. The zero-order valence-electron chi connectivity index (χ0n) is 18.7. The fourth-order valence-corrected chi connectivity index (χ4v) is 4.75. The molecule has 0 saturated carbocycles. The highest BCUT2D eigenvalue weighted by atomic mass is 35.5. The minimum atomic E-state index is -0.421. The Labute approximate surface area is 201 Å². The summed E-state index contributed by atoms with van der Waals surface area (Å²) in [4.78, 5) is 18.7. The van der Waals surface area contributed by atoms with Crippen LogP contribution in [0.1, 0.15) is 22.9 Å². The summed E-state index contributed by atoms with van der Waals surface area (Å²) in [7, 11) is 3.10. The number of urea groups is 1. The zero-order chi connectivity index (χ0) is 23.8. The van der Waals surface area contributed by atoms with Gasteiger partial charge in [-0.05, 0) is 60.0 Å². The molecule has 0 spiro atoms. The first-order valence-corrected chi connectivity index (χ1v) is 11.2. The van der Waals surface area contributed by atoms with Gasteiger partial charge in [0.2, 0.25) is 0 Å². The summed E-state index contributed by atoms with van der Waals surface area (Å²) in [6, 6.07) is 16.5. The number of hydrogen-bond acceptors (Lipinski definition) is 3. The number of amides is 2. The molecule has 6 nitrogen and oxygen atoms in total. The van der Waals surface area contributed by atoms with Gasteiger partial charge in [-0.15, -0.1) is 0 Å². The summed E-state index contributed by atoms with van der Waals surface area (Å²) in [5.41, 5.74) is 4.35. The van der Waals surface area contributed by atoms with Crippen LogP contribution >= 0.6 is 11.6 Å². The van der Waals surface area contributed by atoms with Gasteiger partial charge < -0.3 is 24.7 Å². The number of fused-ring (bicyclic) bond motifs is 3. The minimum Gasteiger partial charge on any atom is -0.493 e. The lowest BCUT2D eigenvalue weighted by Crippen LogP contribution is -2.43. The van der Waals surface area contributed by atoms with Crippen LogP contribution in [0, 0.1) is 5.82 Å². The number of aromatic nitrogens is 1. The number of nitrogens with one attached hydrogen (secondary N) is 2. The van der Waals surface area contributed by atoms with E-state index in [0.29, 0.717) is 35.2 Å². The second kappa shape index (κ2) is 8.91. The van der Waals surface area contributed by atoms with E-state index in [1.54, 1.807) is 49.5 Å². The van der Waals surface area contributed by atoms with E-state index in [1.807, 2.05) is 18.2 Å². The molecule has 0 aliphatic carbocycles. The van der Waals surface area contributed by atoms with Crippen molar-refractivity contribution in [1.82, 2.24) is 9.88 Å². The SMILES string of the molecule is COc1ccc(NC(=O)N2CCc3c([nH]c4ccc(Cl)cc34)[C@H]2c2ccc(F)cc2)cc1OC. The van der Waals surface area contributed by atoms with Crippen molar-refractivity contribution in [2.24, 2.45) is 0 Å². The molecule has 0 bridgehead atoms. The van der Waals surface area contributed by atoms with Crippen LogP contribution in [-0.2, 0) is 6.42 Å². The second-order valence-corrected chi connectivity index (χ2v) is 8.54. The number of carbonyl (C=O) groups excluding carboxylic acids is 1. The average Bonchev–Trinajstić information content (AvgIpc) is 3.21. The molecule has 1 atom stereocenters. The Morgan fingerprint density at radius 2 is 1.82 bits per heavy atom. The van der Waals surface area contributed by atoms with Gasteiger partial charge in [-0.1, -0.05) is 23.7 Å². The highest BCUT2D eigenvalue weighted by Gasteiger charge is 2.34. The van der Waals surface area contributed by atoms with E-state index >= 15 is 0 Å². The van der Waals surface area contributed by atoms with Crippen LogP contribution in [-0.4, -0.2) is 36.7 Å². The normalized spacial score (nSPS) is 15.2. The predicted octanol–water partition coefficient (Wildman–Crippen LogP) is 6.16. The van der Waals surface area contributed by atoms with Gasteiger partial charge in [-0.3, -0.25) is 0 Å². The second-order valence-electron chi connectivity index (χ2n) is 8.10. The van der Waals surface area contributed by atoms with Gasteiger partial charge in [0.15, 0.2) is 11.5 Å². The maximum Gasteiger partial charge on any atom is 0.322 e. The van der Waals surface area contributed by atoms with Gasteiger partial charge in [0.25, 0.3) is 0 Å². The van der Waals surface area contributed by atoms with Gasteiger partial charge in [0.1, 0.15) is 5.82 Å². The van der Waals surface area contributed by atoms with Crippen LogP contribution in [0.3, 0.4) is 0 Å². The molecule has 5 rings (SSSR count). The molecular formula is C26H23ClFN3O3. The Morgan fingerprint density at radius 1 is 1.06 bits per heavy atom. The first-order chi connectivity index (χ1) is 16.5. The van der Waals surface area contributed by atoms with Crippen molar-refractivity contribution in [1.29, 1.82) is 0 Å². The third kappa shape index (κ3) is 3.92. The topological polar surface area (TPSA) is 66.6 Å². The number of halogens is 2. The quantitative estimate of drug-likeness (QED) is 0.368. The predicted molar refractivity (Wildman–Crippen MR) is 131 cm³/mol. The fraction of sp³-hybridized carbons (Fsp3) is 0.192. The Morgan fingerprint density at radius 3 is 2.56 bits per heavy atom. The number of anilines is 1. The van der Waals surface area contributed by atoms with Crippen molar-refractivity contribution in [2.45, 2.75) is 12.5 Å². The smallest absolute Gasteiger partial charge is 0.322 e. The molecule has 0 fully saturated rings. The summed E-state index contributed by atoms with van der Waals surface area (Å²) in [6.07, 6.45) is 0.659. The van der Waals surface area contributed by atoms with E-state index in [9.17, 15) is 9.18 Å². The van der Waals surface area contributed by atoms with Crippen molar-refractivity contribution in [3.63, 3.8) is 0 Å². The number of carbonyl (C=O) groups is 1. The van der Waals surface area contributed by atoms with Crippen molar-refractivity contribution >= 4 is 34.2 Å². The summed E-state index contributed by atoms with van der Waals surface area (Å²) < 4.78 is 24.3. The van der Waals surface area contributed by atoms with Crippen LogP contribution in [0.5, 0.6) is 11.5 Å². The van der Waals surface area contributed by atoms with Gasteiger partial charge in [-0.2, -0.15) is 0 Å². The monoisotopic (exact) mass is 479 g/mol. The summed E-state index contributed by atoms with van der Waals surface area (Å²) in [6.45, 7) is 0.480. The van der Waals surface area contributed by atoms with E-state index in [1.165, 1.54) is 12.1 Å². The van der Waals surface area contributed by atoms with Crippen molar-refractivity contribution in [2.75, 3.05) is 26.1 Å². The van der Waals surface area contributed by atoms with Gasteiger partial charge in [0.05, 0.1) is 20.3 Å². The lowest BCUT2D eigenvalue weighted by molar-refractivity contribution is 0.193. The maximum atomic E-state index is 13.7. The number of nitrogens with zero attached hydrogens (tertiary/aromatic N) is 1. The highest BCUT2D eigenvalue weighted by Crippen LogP contribution is 2.39. The lowest BCUT2D eigenvalue weighted by Gasteiger charge is -2.36. The molecule has 174 valence electrons. The molecule has 1 aliphatic heterocycles. The number of ether oxygens (including phenoxy) is 2. The standard InChI is InChI=1S/C26H23ClFN3O3/c1-33-22-10-8-18(14-23(22)34-2)29-26(32)31-12-11-19-20-13-16(27)5-9-21(20)30-24(19)25(31)15-3-6-17(28)7-4-15/h3-10,13-14,25,30H,11-12H2,1-2H3,(H,29,32)/t25-/m1/s1. The van der Waals surface area contributed by atoms with Gasteiger partial charge >= 0.3 is 6.03 Å². The molecule has 1 aliphatic rings. The third-order valence-electron chi connectivity index (χ3n) is 6.17. The lowest BCUT2D eigenvalue weighted by atomic mass is 9.92. The summed E-state index contributed by atoms with van der Waals surface area (Å²) >= 11 is 6.26. The molecule has 4 aromatic rings. The Kier molecular flexibility index (Phi) is 5.79. The molecule has 0 unspecified atom stereocenters. The number of aromatic amines is 1. The molecule has 3 aromatic carbocycles. The number of methoxy groups -OCH3 is 2. The van der Waals surface area contributed by atoms with Crippen molar-refractivity contribution in [3.05, 3.63) is 88.3 Å². The van der Waals surface area contributed by atoms with Crippen LogP contribution in [0.2, 0.25) is 5.02 Å². The molecule has 1 aromatic heterocycles. The number of rotatable bonds is 4. The van der Waals surface area contributed by atoms with E-state index < -0.39 is 6.04 Å². The van der Waals surface area contributed by atoms with Crippen LogP contribution in [0.4, 0.5) is 14.9 Å². The van der Waals surface area contributed by atoms with Gasteiger partial charge in [-0.25, -0.2) is 9.18 Å². The molecule has 34 heavy (non-hydrogen) atoms. The Hall–Kier alpha value is -3.71. The van der Waals surface area contributed by atoms with Crippen molar-refractivity contribution in [3.8, 4) is 11.5 Å². The number of hydrogen-bond donors (Lipinski definition) is 2. The molecule has 0 saturated heterocycles. The molecule has 2 N–H and O–H groups in total. The number of H-pyrrole nitrogens is 1. The Balaban J connectivity index is 1.54. The van der Waals surface area contributed by atoms with E-state index in [4.69, 9.17) is 21.1 Å². The third-order valence-corrected chi connectivity index (χ3v) is 6.41. The van der Waals surface area contributed by atoms with Crippen LogP contribution in [0.15, 0.2) is 60.7 Å².